The molecule has 1 aromatic rings. The van der Waals surface area contributed by atoms with Gasteiger partial charge in [-0.3, -0.25) is 4.79 Å². The van der Waals surface area contributed by atoms with E-state index in [1.807, 2.05) is 22.9 Å². The molecule has 0 amide bonds. The monoisotopic (exact) mass is 192 g/mol. The average Bonchev–Trinajstić information content (AvgIpc) is 2.11. The molecule has 0 fully saturated rings. The first-order valence-corrected chi connectivity index (χ1v) is 3.34. The normalized spacial score (nSPS) is 5.91. The molecule has 0 spiro atoms. The van der Waals surface area contributed by atoms with E-state index in [0.717, 1.165) is 6.92 Å². The second kappa shape index (κ2) is 13.7. The van der Waals surface area contributed by atoms with Gasteiger partial charge in [0.15, 0.2) is 0 Å². The van der Waals surface area contributed by atoms with Crippen LogP contribution in [0.25, 0.3) is 0 Å². The number of carboxylic acids is 1. The zero-order chi connectivity index (χ0) is 7.11. The van der Waals surface area contributed by atoms with Gasteiger partial charge in [0.25, 0.3) is 5.97 Å². The van der Waals surface area contributed by atoms with Gasteiger partial charge in [0, 0.05) is 6.92 Å². The number of carboxylic acid groups (broad SMARTS) is 1. The molecule has 0 atom stereocenters. The molecule has 0 aliphatic heterocycles. The standard InChI is InChI=1S/C4H4S.C2H4O2.2Na.2H/c1-2-4-5-3-1;1-2(3)4;;;;/h1-4H;1H3,(H,3,4);;;;. The molecule has 2 nitrogen and oxygen atoms in total. The van der Waals surface area contributed by atoms with Crippen LogP contribution in [-0.4, -0.2) is 70.2 Å². The van der Waals surface area contributed by atoms with Crippen LogP contribution in [-0.2, 0) is 4.79 Å². The predicted octanol–water partition coefficient (Wildman–Crippen LogP) is 0.542. The second-order valence-electron chi connectivity index (χ2n) is 1.31. The van der Waals surface area contributed by atoms with E-state index in [1.54, 1.807) is 11.3 Å². The molecule has 5 heteroatoms. The number of carbonyl (C=O) groups is 1. The van der Waals surface area contributed by atoms with E-state index >= 15 is 0 Å². The van der Waals surface area contributed by atoms with Gasteiger partial charge in [-0.2, -0.15) is 11.3 Å². The van der Waals surface area contributed by atoms with Gasteiger partial charge in [0.05, 0.1) is 0 Å². The molecule has 1 aromatic heterocycles. The van der Waals surface area contributed by atoms with E-state index < -0.39 is 5.97 Å². The van der Waals surface area contributed by atoms with Crippen molar-refractivity contribution >= 4 is 76.4 Å². The summed E-state index contributed by atoms with van der Waals surface area (Å²) in [4.78, 5) is 9.00. The van der Waals surface area contributed by atoms with E-state index in [1.165, 1.54) is 0 Å². The van der Waals surface area contributed by atoms with Crippen molar-refractivity contribution in [1.29, 1.82) is 0 Å². The van der Waals surface area contributed by atoms with E-state index in [9.17, 15) is 0 Å². The van der Waals surface area contributed by atoms with Crippen LogP contribution in [0.2, 0.25) is 0 Å². The Balaban J connectivity index is -0.000000101. The summed E-state index contributed by atoms with van der Waals surface area (Å²) in [6, 6.07) is 4.04. The Kier molecular flexibility index (Phi) is 22.6. The molecule has 0 aromatic carbocycles. The fourth-order valence-corrected chi connectivity index (χ4v) is 0.680. The number of rotatable bonds is 0. The van der Waals surface area contributed by atoms with Crippen LogP contribution in [0.4, 0.5) is 0 Å². The molecule has 54 valence electrons. The topological polar surface area (TPSA) is 37.3 Å². The summed E-state index contributed by atoms with van der Waals surface area (Å²) in [5.74, 6) is -0.833. The number of hydrogen-bond donors (Lipinski definition) is 1. The first-order chi connectivity index (χ1) is 4.23. The molecule has 0 saturated carbocycles. The second-order valence-corrected chi connectivity index (χ2v) is 2.13. The summed E-state index contributed by atoms with van der Waals surface area (Å²) in [5.41, 5.74) is 0. The van der Waals surface area contributed by atoms with Crippen LogP contribution in [0.3, 0.4) is 0 Å². The van der Waals surface area contributed by atoms with Gasteiger partial charge in [-0.1, -0.05) is 12.1 Å². The van der Waals surface area contributed by atoms with Crippen molar-refractivity contribution in [3.63, 3.8) is 0 Å². The molecule has 0 aliphatic carbocycles. The Bertz CT molecular complexity index is 132. The first-order valence-electron chi connectivity index (χ1n) is 2.40. The molecule has 1 rings (SSSR count). The number of thiophene rings is 1. The maximum Gasteiger partial charge on any atom is -0.00934 e. The Morgan fingerprint density at radius 3 is 1.64 bits per heavy atom. The maximum absolute atomic E-state index is 9.00. The van der Waals surface area contributed by atoms with E-state index in [0.29, 0.717) is 0 Å². The van der Waals surface area contributed by atoms with Crippen LogP contribution in [0.1, 0.15) is 6.92 Å². The van der Waals surface area contributed by atoms with E-state index in [4.69, 9.17) is 9.90 Å². The van der Waals surface area contributed by atoms with Crippen LogP contribution >= 0.6 is 11.3 Å². The summed E-state index contributed by atoms with van der Waals surface area (Å²) in [6.45, 7) is 1.08. The van der Waals surface area contributed by atoms with Gasteiger partial charge >= 0.3 is 59.1 Å². The third-order valence-corrected chi connectivity index (χ3v) is 1.05. The molecule has 0 saturated heterocycles. The molecule has 0 radical (unpaired) electrons. The molecular weight excluding hydrogens is 182 g/mol. The average molecular weight is 192 g/mol. The first kappa shape index (κ1) is 18.1. The Morgan fingerprint density at radius 2 is 1.55 bits per heavy atom. The molecule has 0 aliphatic rings. The van der Waals surface area contributed by atoms with Crippen LogP contribution in [0, 0.1) is 0 Å². The van der Waals surface area contributed by atoms with Gasteiger partial charge in [-0.15, -0.1) is 0 Å². The molecule has 0 bridgehead atoms. The van der Waals surface area contributed by atoms with Crippen molar-refractivity contribution in [3.8, 4) is 0 Å². The summed E-state index contributed by atoms with van der Waals surface area (Å²) in [5, 5.41) is 11.5. The summed E-state index contributed by atoms with van der Waals surface area (Å²) >= 11 is 1.71. The van der Waals surface area contributed by atoms with Crippen molar-refractivity contribution in [2.24, 2.45) is 0 Å². The molecule has 1 heterocycles. The minimum absolute atomic E-state index is 0. The van der Waals surface area contributed by atoms with Crippen molar-refractivity contribution in [2.75, 3.05) is 0 Å². The SMILES string of the molecule is CC(=O)O.[NaH].[NaH].c1ccsc1. The third-order valence-electron chi connectivity index (χ3n) is 0.425. The summed E-state index contributed by atoms with van der Waals surface area (Å²) < 4.78 is 0. The zero-order valence-corrected chi connectivity index (χ0v) is 5.89. The van der Waals surface area contributed by atoms with Crippen molar-refractivity contribution in [1.82, 2.24) is 0 Å². The molecular formula is C6H10Na2O2S. The van der Waals surface area contributed by atoms with Crippen molar-refractivity contribution in [3.05, 3.63) is 22.9 Å². The van der Waals surface area contributed by atoms with Crippen molar-refractivity contribution in [2.45, 2.75) is 6.92 Å². The predicted molar refractivity (Wildman–Crippen MR) is 51.9 cm³/mol. The Morgan fingerprint density at radius 1 is 1.27 bits per heavy atom. The molecule has 0 unspecified atom stereocenters. The van der Waals surface area contributed by atoms with Crippen LogP contribution in [0.15, 0.2) is 22.9 Å². The van der Waals surface area contributed by atoms with Crippen LogP contribution < -0.4 is 0 Å². The zero-order valence-electron chi connectivity index (χ0n) is 5.07. The van der Waals surface area contributed by atoms with E-state index in [2.05, 4.69) is 0 Å². The quantitative estimate of drug-likeness (QED) is 0.609. The number of hydrogen-bond acceptors (Lipinski definition) is 2. The number of aliphatic carboxylic acids is 1. The minimum Gasteiger partial charge on any atom is -0.152 e. The Labute approximate surface area is 115 Å². The smallest absolute Gasteiger partial charge is 0.00934 e. The molecule has 11 heavy (non-hydrogen) atoms. The molecule has 1 N–H and O–H groups in total. The fourth-order valence-electron chi connectivity index (χ4n) is 0.227. The van der Waals surface area contributed by atoms with Gasteiger partial charge in [-0.25, -0.2) is 0 Å². The van der Waals surface area contributed by atoms with Gasteiger partial charge < -0.3 is 5.11 Å². The Hall–Kier alpha value is 1.17. The van der Waals surface area contributed by atoms with Gasteiger partial charge in [0.1, 0.15) is 0 Å². The third kappa shape index (κ3) is 24.7. The fraction of sp³-hybridized carbons (Fsp3) is 0.167. The minimum atomic E-state index is -0.833. The summed E-state index contributed by atoms with van der Waals surface area (Å²) in [6.07, 6.45) is 0. The largest absolute Gasteiger partial charge is 0.152 e. The van der Waals surface area contributed by atoms with Crippen LogP contribution in [0.5, 0.6) is 0 Å². The maximum atomic E-state index is 9.00. The van der Waals surface area contributed by atoms with Gasteiger partial charge in [0.2, 0.25) is 0 Å². The van der Waals surface area contributed by atoms with Gasteiger partial charge in [-0.05, 0) is 10.8 Å². The van der Waals surface area contributed by atoms with Crippen molar-refractivity contribution < 1.29 is 9.90 Å². The van der Waals surface area contributed by atoms with E-state index in [-0.39, 0.29) is 59.1 Å². The summed E-state index contributed by atoms with van der Waals surface area (Å²) in [7, 11) is 0.